The number of alkyl halides is 3. The summed E-state index contributed by atoms with van der Waals surface area (Å²) in [6, 6.07) is 0.826. The van der Waals surface area contributed by atoms with Crippen molar-refractivity contribution >= 4 is 11.9 Å². The molecule has 1 rings (SSSR count). The van der Waals surface area contributed by atoms with Crippen molar-refractivity contribution in [3.05, 3.63) is 18.0 Å². The number of anilines is 1. The van der Waals surface area contributed by atoms with E-state index in [0.717, 1.165) is 25.1 Å². The maximum Gasteiger partial charge on any atom is 0.433 e. The van der Waals surface area contributed by atoms with Crippen molar-refractivity contribution in [1.29, 1.82) is 0 Å². The van der Waals surface area contributed by atoms with Crippen LogP contribution in [-0.4, -0.2) is 35.6 Å². The first-order valence-corrected chi connectivity index (χ1v) is 7.61. The first-order chi connectivity index (χ1) is 10.9. The molecule has 0 aliphatic rings. The number of rotatable bonds is 9. The third-order valence-electron chi connectivity index (χ3n) is 2.95. The second-order valence-electron chi connectivity index (χ2n) is 4.94. The van der Waals surface area contributed by atoms with Crippen LogP contribution < -0.4 is 16.4 Å². The molecule has 0 aliphatic carbocycles. The number of hydrogen-bond donors (Lipinski definition) is 3. The molecule has 4 N–H and O–H groups in total. The van der Waals surface area contributed by atoms with Gasteiger partial charge in [0.15, 0.2) is 5.96 Å². The van der Waals surface area contributed by atoms with Gasteiger partial charge in [-0.3, -0.25) is 4.99 Å². The Bertz CT molecular complexity index is 490. The van der Waals surface area contributed by atoms with E-state index in [9.17, 15) is 13.2 Å². The van der Waals surface area contributed by atoms with Crippen LogP contribution in [0, 0.1) is 0 Å². The Morgan fingerprint density at radius 1 is 1.26 bits per heavy atom. The van der Waals surface area contributed by atoms with Gasteiger partial charge in [0.25, 0.3) is 0 Å². The Labute approximate surface area is 133 Å². The molecule has 23 heavy (non-hydrogen) atoms. The Morgan fingerprint density at radius 2 is 2.04 bits per heavy atom. The van der Waals surface area contributed by atoms with Gasteiger partial charge in [-0.15, -0.1) is 0 Å². The van der Waals surface area contributed by atoms with Crippen molar-refractivity contribution in [2.45, 2.75) is 38.8 Å². The molecule has 1 aromatic heterocycles. The summed E-state index contributed by atoms with van der Waals surface area (Å²) >= 11 is 0. The fourth-order valence-electron chi connectivity index (χ4n) is 1.76. The molecule has 130 valence electrons. The molecule has 0 aliphatic heterocycles. The van der Waals surface area contributed by atoms with Crippen molar-refractivity contribution in [2.75, 3.05) is 25.0 Å². The highest BCUT2D eigenvalue weighted by molar-refractivity contribution is 5.77. The van der Waals surface area contributed by atoms with E-state index in [1.54, 1.807) is 0 Å². The number of nitrogens with zero attached hydrogens (tertiary/aromatic N) is 3. The van der Waals surface area contributed by atoms with Crippen molar-refractivity contribution in [3.63, 3.8) is 0 Å². The predicted molar refractivity (Wildman–Crippen MR) is 84.2 cm³/mol. The van der Waals surface area contributed by atoms with Crippen LogP contribution in [0.15, 0.2) is 17.3 Å². The molecule has 0 fully saturated rings. The molecular formula is C14H23F3N6. The normalized spacial score (nSPS) is 12.3. The predicted octanol–water partition coefficient (Wildman–Crippen LogP) is 2.39. The molecule has 9 heteroatoms. The zero-order valence-electron chi connectivity index (χ0n) is 13.2. The number of aromatic nitrogens is 2. The zero-order valence-corrected chi connectivity index (χ0v) is 13.2. The first kappa shape index (κ1) is 19.0. The smallest absolute Gasteiger partial charge is 0.370 e. The van der Waals surface area contributed by atoms with Crippen molar-refractivity contribution in [1.82, 2.24) is 15.3 Å². The molecule has 1 aromatic rings. The topological polar surface area (TPSA) is 88.2 Å². The second kappa shape index (κ2) is 9.86. The van der Waals surface area contributed by atoms with Gasteiger partial charge in [0.2, 0.25) is 5.95 Å². The molecule has 1 heterocycles. The van der Waals surface area contributed by atoms with E-state index in [0.29, 0.717) is 25.6 Å². The van der Waals surface area contributed by atoms with Gasteiger partial charge < -0.3 is 16.4 Å². The highest BCUT2D eigenvalue weighted by Gasteiger charge is 2.32. The van der Waals surface area contributed by atoms with Gasteiger partial charge in [-0.2, -0.15) is 13.2 Å². The average molecular weight is 332 g/mol. The van der Waals surface area contributed by atoms with Crippen LogP contribution in [0.5, 0.6) is 0 Å². The van der Waals surface area contributed by atoms with Gasteiger partial charge in [-0.1, -0.05) is 26.2 Å². The summed E-state index contributed by atoms with van der Waals surface area (Å²) in [5.74, 6) is 0.255. The van der Waals surface area contributed by atoms with Crippen LogP contribution in [-0.2, 0) is 6.18 Å². The second-order valence-corrected chi connectivity index (χ2v) is 4.94. The highest BCUT2D eigenvalue weighted by Crippen LogP contribution is 2.27. The van der Waals surface area contributed by atoms with Crippen LogP contribution in [0.3, 0.4) is 0 Å². The number of unbranched alkanes of at least 4 members (excludes halogenated alkanes) is 3. The Morgan fingerprint density at radius 3 is 2.74 bits per heavy atom. The number of aliphatic imine (C=N–C) groups is 1. The molecular weight excluding hydrogens is 309 g/mol. The van der Waals surface area contributed by atoms with Crippen LogP contribution in [0.2, 0.25) is 0 Å². The van der Waals surface area contributed by atoms with Crippen molar-refractivity contribution in [2.24, 2.45) is 10.7 Å². The molecule has 0 atom stereocenters. The number of guanidine groups is 1. The van der Waals surface area contributed by atoms with Crippen molar-refractivity contribution < 1.29 is 13.2 Å². The minimum Gasteiger partial charge on any atom is -0.370 e. The molecule has 0 aromatic carbocycles. The maximum atomic E-state index is 12.5. The lowest BCUT2D eigenvalue weighted by Gasteiger charge is -2.09. The fraction of sp³-hybridized carbons (Fsp3) is 0.643. The SMILES string of the molecule is CCCCCCN=C(N)NCCNc1nccc(C(F)(F)F)n1. The monoisotopic (exact) mass is 332 g/mol. The molecule has 0 radical (unpaired) electrons. The molecule has 0 amide bonds. The Hall–Kier alpha value is -2.06. The third-order valence-corrected chi connectivity index (χ3v) is 2.95. The maximum absolute atomic E-state index is 12.5. The summed E-state index contributed by atoms with van der Waals surface area (Å²) in [7, 11) is 0. The summed E-state index contributed by atoms with van der Waals surface area (Å²) in [6.07, 6.45) is 1.06. The van der Waals surface area contributed by atoms with Gasteiger partial charge in [0.05, 0.1) is 0 Å². The van der Waals surface area contributed by atoms with Gasteiger partial charge in [0, 0.05) is 25.8 Å². The van der Waals surface area contributed by atoms with Gasteiger partial charge in [-0.25, -0.2) is 9.97 Å². The van der Waals surface area contributed by atoms with Gasteiger partial charge in [0.1, 0.15) is 5.69 Å². The molecule has 0 saturated carbocycles. The fourth-order valence-corrected chi connectivity index (χ4v) is 1.76. The summed E-state index contributed by atoms with van der Waals surface area (Å²) in [4.78, 5) is 11.3. The zero-order chi connectivity index (χ0) is 17.1. The van der Waals surface area contributed by atoms with Crippen LogP contribution in [0.25, 0.3) is 0 Å². The van der Waals surface area contributed by atoms with Crippen LogP contribution >= 0.6 is 0 Å². The number of hydrogen-bond acceptors (Lipinski definition) is 4. The molecule has 0 unspecified atom stereocenters. The van der Waals surface area contributed by atoms with E-state index in [1.807, 2.05) is 0 Å². The minimum atomic E-state index is -4.48. The summed E-state index contributed by atoms with van der Waals surface area (Å²) < 4.78 is 37.5. The van der Waals surface area contributed by atoms with Crippen LogP contribution in [0.1, 0.15) is 38.3 Å². The molecule has 6 nitrogen and oxygen atoms in total. The summed E-state index contributed by atoms with van der Waals surface area (Å²) in [6.45, 7) is 3.54. The summed E-state index contributed by atoms with van der Waals surface area (Å²) in [5, 5.41) is 5.58. The summed E-state index contributed by atoms with van der Waals surface area (Å²) in [5.41, 5.74) is 4.70. The minimum absolute atomic E-state index is 0.0725. The number of halogens is 3. The van der Waals surface area contributed by atoms with E-state index in [1.165, 1.54) is 12.8 Å². The Balaban J connectivity index is 2.25. The van der Waals surface area contributed by atoms with Crippen LogP contribution in [0.4, 0.5) is 19.1 Å². The number of nitrogens with two attached hydrogens (primary N) is 1. The van der Waals surface area contributed by atoms with Gasteiger partial charge >= 0.3 is 6.18 Å². The molecule has 0 saturated heterocycles. The Kier molecular flexibility index (Phi) is 8.14. The van der Waals surface area contributed by atoms with E-state index in [4.69, 9.17) is 5.73 Å². The largest absolute Gasteiger partial charge is 0.433 e. The van der Waals surface area contributed by atoms with Crippen molar-refractivity contribution in [3.8, 4) is 0 Å². The van der Waals surface area contributed by atoms with E-state index in [2.05, 4.69) is 32.5 Å². The van der Waals surface area contributed by atoms with E-state index < -0.39 is 11.9 Å². The number of nitrogens with one attached hydrogen (secondary N) is 2. The molecule has 0 spiro atoms. The standard InChI is InChI=1S/C14H23F3N6/c1-2-3-4-5-7-19-12(18)20-9-10-22-13-21-8-6-11(23-13)14(15,16)17/h6,8H,2-5,7,9-10H2,1H3,(H3,18,19,20)(H,21,22,23). The third kappa shape index (κ3) is 8.22. The average Bonchev–Trinajstić information content (AvgIpc) is 2.51. The first-order valence-electron chi connectivity index (χ1n) is 7.61. The van der Waals surface area contributed by atoms with E-state index >= 15 is 0 Å². The molecule has 0 bridgehead atoms. The van der Waals surface area contributed by atoms with Gasteiger partial charge in [-0.05, 0) is 12.5 Å². The lowest BCUT2D eigenvalue weighted by molar-refractivity contribution is -0.141. The lowest BCUT2D eigenvalue weighted by atomic mass is 10.2. The van der Waals surface area contributed by atoms with E-state index in [-0.39, 0.29) is 5.95 Å². The lowest BCUT2D eigenvalue weighted by Crippen LogP contribution is -2.35. The highest BCUT2D eigenvalue weighted by atomic mass is 19.4. The quantitative estimate of drug-likeness (QED) is 0.367.